The zero-order chi connectivity index (χ0) is 13.7. The maximum Gasteiger partial charge on any atom is 0.226 e. The van der Waals surface area contributed by atoms with Crippen molar-refractivity contribution in [2.24, 2.45) is 0 Å². The van der Waals surface area contributed by atoms with Crippen LogP contribution >= 0.6 is 0 Å². The fourth-order valence-corrected chi connectivity index (χ4v) is 1.82. The van der Waals surface area contributed by atoms with Crippen molar-refractivity contribution in [2.45, 2.75) is 19.4 Å². The Balaban J connectivity index is 1.93. The average Bonchev–Trinajstić information content (AvgIpc) is 2.92. The number of methoxy groups -OCH3 is 1. The van der Waals surface area contributed by atoms with E-state index in [1.165, 1.54) is 0 Å². The number of hydrogen-bond acceptors (Lipinski definition) is 3. The number of nitrogens with zero attached hydrogens (tertiary/aromatic N) is 2. The highest BCUT2D eigenvalue weighted by molar-refractivity contribution is 5.91. The van der Waals surface area contributed by atoms with Gasteiger partial charge in [0.1, 0.15) is 5.75 Å². The van der Waals surface area contributed by atoms with E-state index in [4.69, 9.17) is 4.74 Å². The van der Waals surface area contributed by atoms with Gasteiger partial charge in [0.15, 0.2) is 0 Å². The Hall–Kier alpha value is -2.30. The third-order valence-electron chi connectivity index (χ3n) is 2.81. The maximum absolute atomic E-state index is 11.9. The van der Waals surface area contributed by atoms with E-state index in [0.29, 0.717) is 6.42 Å². The van der Waals surface area contributed by atoms with Crippen LogP contribution in [-0.4, -0.2) is 22.8 Å². The second kappa shape index (κ2) is 6.04. The Morgan fingerprint density at radius 2 is 2.32 bits per heavy atom. The quantitative estimate of drug-likeness (QED) is 0.897. The molecule has 0 radical (unpaired) electrons. The van der Waals surface area contributed by atoms with E-state index in [2.05, 4.69) is 10.4 Å². The van der Waals surface area contributed by atoms with Gasteiger partial charge in [0, 0.05) is 30.6 Å². The fourth-order valence-electron chi connectivity index (χ4n) is 1.82. The van der Waals surface area contributed by atoms with Crippen LogP contribution in [0.2, 0.25) is 0 Å². The molecular weight excluding hydrogens is 242 g/mol. The first-order valence-corrected chi connectivity index (χ1v) is 6.12. The normalized spacial score (nSPS) is 11.9. The van der Waals surface area contributed by atoms with E-state index >= 15 is 0 Å². The molecule has 0 saturated heterocycles. The SMILES string of the molecule is COc1cccc(NC(=O)C[C@H](C)n2cccn2)c1. The van der Waals surface area contributed by atoms with Crippen molar-refractivity contribution in [3.63, 3.8) is 0 Å². The lowest BCUT2D eigenvalue weighted by Crippen LogP contribution is -2.17. The second-order valence-electron chi connectivity index (χ2n) is 4.32. The Morgan fingerprint density at radius 3 is 3.00 bits per heavy atom. The van der Waals surface area contributed by atoms with Gasteiger partial charge in [-0.3, -0.25) is 9.48 Å². The van der Waals surface area contributed by atoms with Crippen molar-refractivity contribution in [2.75, 3.05) is 12.4 Å². The van der Waals surface area contributed by atoms with Crippen LogP contribution in [0.15, 0.2) is 42.7 Å². The number of nitrogens with one attached hydrogen (secondary N) is 1. The summed E-state index contributed by atoms with van der Waals surface area (Å²) in [4.78, 5) is 11.9. The van der Waals surface area contributed by atoms with Gasteiger partial charge in [0.2, 0.25) is 5.91 Å². The highest BCUT2D eigenvalue weighted by atomic mass is 16.5. The Kier molecular flexibility index (Phi) is 4.18. The molecule has 0 saturated carbocycles. The van der Waals surface area contributed by atoms with E-state index in [0.717, 1.165) is 11.4 Å². The topological polar surface area (TPSA) is 56.1 Å². The average molecular weight is 259 g/mol. The number of benzene rings is 1. The molecule has 1 heterocycles. The zero-order valence-electron chi connectivity index (χ0n) is 11.0. The molecule has 0 aliphatic rings. The van der Waals surface area contributed by atoms with Gasteiger partial charge in [-0.2, -0.15) is 5.10 Å². The number of amides is 1. The first-order chi connectivity index (χ1) is 9.19. The third kappa shape index (κ3) is 3.58. The van der Waals surface area contributed by atoms with Gasteiger partial charge in [-0.25, -0.2) is 0 Å². The van der Waals surface area contributed by atoms with Crippen molar-refractivity contribution in [1.29, 1.82) is 0 Å². The van der Waals surface area contributed by atoms with Crippen molar-refractivity contribution in [3.8, 4) is 5.75 Å². The predicted octanol–water partition coefficient (Wildman–Crippen LogP) is 2.48. The number of anilines is 1. The summed E-state index contributed by atoms with van der Waals surface area (Å²) in [6.45, 7) is 1.96. The first-order valence-electron chi connectivity index (χ1n) is 6.12. The molecule has 5 nitrogen and oxygen atoms in total. The van der Waals surface area contributed by atoms with Crippen LogP contribution in [0.1, 0.15) is 19.4 Å². The maximum atomic E-state index is 11.9. The van der Waals surface area contributed by atoms with Crippen molar-refractivity contribution >= 4 is 11.6 Å². The first kappa shape index (κ1) is 13.1. The Morgan fingerprint density at radius 1 is 1.47 bits per heavy atom. The largest absolute Gasteiger partial charge is 0.497 e. The zero-order valence-corrected chi connectivity index (χ0v) is 11.0. The summed E-state index contributed by atoms with van der Waals surface area (Å²) in [5, 5.41) is 6.97. The van der Waals surface area contributed by atoms with E-state index in [1.807, 2.05) is 37.4 Å². The summed E-state index contributed by atoms with van der Waals surface area (Å²) < 4.78 is 6.88. The van der Waals surface area contributed by atoms with Crippen LogP contribution in [0.25, 0.3) is 0 Å². The molecule has 1 aromatic heterocycles. The monoisotopic (exact) mass is 259 g/mol. The van der Waals surface area contributed by atoms with E-state index in [-0.39, 0.29) is 11.9 Å². The number of hydrogen-bond donors (Lipinski definition) is 1. The minimum atomic E-state index is -0.0451. The Bertz CT molecular complexity index is 537. The number of carbonyl (C=O) groups is 1. The molecule has 0 bridgehead atoms. The number of rotatable bonds is 5. The molecule has 0 fully saturated rings. The lowest BCUT2D eigenvalue weighted by atomic mass is 10.2. The predicted molar refractivity (Wildman–Crippen MR) is 73.2 cm³/mol. The summed E-state index contributed by atoms with van der Waals surface area (Å²) in [7, 11) is 1.60. The van der Waals surface area contributed by atoms with Gasteiger partial charge < -0.3 is 10.1 Å². The molecule has 1 aromatic carbocycles. The smallest absolute Gasteiger partial charge is 0.226 e. The molecule has 1 atom stereocenters. The standard InChI is InChI=1S/C14H17N3O2/c1-11(17-8-4-7-15-17)9-14(18)16-12-5-3-6-13(10-12)19-2/h3-8,10-11H,9H2,1-2H3,(H,16,18)/t11-/m0/s1. The van der Waals surface area contributed by atoms with Crippen molar-refractivity contribution in [3.05, 3.63) is 42.7 Å². The summed E-state index contributed by atoms with van der Waals surface area (Å²) >= 11 is 0. The molecule has 0 spiro atoms. The molecule has 100 valence electrons. The van der Waals surface area contributed by atoms with E-state index < -0.39 is 0 Å². The highest BCUT2D eigenvalue weighted by Crippen LogP contribution is 2.18. The number of aromatic nitrogens is 2. The van der Waals surface area contributed by atoms with Crippen LogP contribution in [0, 0.1) is 0 Å². The van der Waals surface area contributed by atoms with E-state index in [1.54, 1.807) is 24.1 Å². The van der Waals surface area contributed by atoms with Gasteiger partial charge >= 0.3 is 0 Å². The van der Waals surface area contributed by atoms with E-state index in [9.17, 15) is 4.79 Å². The summed E-state index contributed by atoms with van der Waals surface area (Å²) in [6.07, 6.45) is 3.93. The number of ether oxygens (including phenoxy) is 1. The lowest BCUT2D eigenvalue weighted by molar-refractivity contribution is -0.116. The fraction of sp³-hybridized carbons (Fsp3) is 0.286. The minimum Gasteiger partial charge on any atom is -0.497 e. The van der Waals surface area contributed by atoms with Crippen LogP contribution in [0.5, 0.6) is 5.75 Å². The molecule has 0 unspecified atom stereocenters. The molecule has 0 aliphatic carbocycles. The van der Waals surface area contributed by atoms with Crippen LogP contribution in [0.4, 0.5) is 5.69 Å². The molecule has 0 aliphatic heterocycles. The molecule has 2 rings (SSSR count). The molecule has 1 N–H and O–H groups in total. The van der Waals surface area contributed by atoms with Crippen LogP contribution < -0.4 is 10.1 Å². The van der Waals surface area contributed by atoms with Crippen LogP contribution in [0.3, 0.4) is 0 Å². The third-order valence-corrected chi connectivity index (χ3v) is 2.81. The van der Waals surface area contributed by atoms with Gasteiger partial charge in [-0.05, 0) is 25.1 Å². The molecule has 1 amide bonds. The Labute approximate surface area is 112 Å². The molecule has 19 heavy (non-hydrogen) atoms. The van der Waals surface area contributed by atoms with Gasteiger partial charge in [-0.1, -0.05) is 6.07 Å². The van der Waals surface area contributed by atoms with Gasteiger partial charge in [0.05, 0.1) is 13.2 Å². The summed E-state index contributed by atoms with van der Waals surface area (Å²) in [5.41, 5.74) is 0.733. The summed E-state index contributed by atoms with van der Waals surface area (Å²) in [5.74, 6) is 0.675. The lowest BCUT2D eigenvalue weighted by Gasteiger charge is -2.12. The second-order valence-corrected chi connectivity index (χ2v) is 4.32. The molecular formula is C14H17N3O2. The summed E-state index contributed by atoms with van der Waals surface area (Å²) in [6, 6.07) is 9.17. The van der Waals surface area contributed by atoms with Crippen molar-refractivity contribution < 1.29 is 9.53 Å². The highest BCUT2D eigenvalue weighted by Gasteiger charge is 2.11. The van der Waals surface area contributed by atoms with Crippen molar-refractivity contribution in [1.82, 2.24) is 9.78 Å². The van der Waals surface area contributed by atoms with Crippen LogP contribution in [-0.2, 0) is 4.79 Å². The minimum absolute atomic E-state index is 0.0283. The van der Waals surface area contributed by atoms with Gasteiger partial charge in [0.25, 0.3) is 0 Å². The molecule has 2 aromatic rings. The number of carbonyl (C=O) groups excluding carboxylic acids is 1. The van der Waals surface area contributed by atoms with Gasteiger partial charge in [-0.15, -0.1) is 0 Å². The molecule has 5 heteroatoms.